The summed E-state index contributed by atoms with van der Waals surface area (Å²) >= 11 is 0. The number of nitrogens with zero attached hydrogens (tertiary/aromatic N) is 3. The molecule has 0 saturated carbocycles. The lowest BCUT2D eigenvalue weighted by atomic mass is 10.0. The Balaban J connectivity index is 1.56. The maximum absolute atomic E-state index is 11.6. The number of hydrogen-bond acceptors (Lipinski definition) is 5. The average Bonchev–Trinajstić information content (AvgIpc) is 3.07. The van der Waals surface area contributed by atoms with Crippen LogP contribution in [0, 0.1) is 5.92 Å². The fourth-order valence-electron chi connectivity index (χ4n) is 2.70. The zero-order valence-corrected chi connectivity index (χ0v) is 13.8. The first kappa shape index (κ1) is 15.9. The average molecular weight is 336 g/mol. The van der Waals surface area contributed by atoms with E-state index in [1.165, 1.54) is 10.6 Å². The van der Waals surface area contributed by atoms with Gasteiger partial charge in [0.25, 0.3) is 0 Å². The first-order valence-electron chi connectivity index (χ1n) is 7.56. The summed E-state index contributed by atoms with van der Waals surface area (Å²) in [5, 5.41) is 6.76. The zero-order chi connectivity index (χ0) is 16.3. The number of ether oxygens (including phenoxy) is 1. The van der Waals surface area contributed by atoms with Gasteiger partial charge in [0, 0.05) is 25.2 Å². The molecule has 0 unspecified atom stereocenters. The molecular formula is C15H20N4O3S. The van der Waals surface area contributed by atoms with Gasteiger partial charge in [0.2, 0.25) is 10.0 Å². The van der Waals surface area contributed by atoms with E-state index in [9.17, 15) is 8.42 Å². The smallest absolute Gasteiger partial charge is 0.211 e. The Morgan fingerprint density at radius 2 is 2.26 bits per heavy atom. The summed E-state index contributed by atoms with van der Waals surface area (Å²) < 4.78 is 30.5. The molecule has 0 spiro atoms. The van der Waals surface area contributed by atoms with Gasteiger partial charge < -0.3 is 4.74 Å². The molecule has 8 heteroatoms. The van der Waals surface area contributed by atoms with Crippen molar-refractivity contribution in [2.24, 2.45) is 5.92 Å². The highest BCUT2D eigenvalue weighted by atomic mass is 32.2. The van der Waals surface area contributed by atoms with E-state index < -0.39 is 10.0 Å². The fraction of sp³-hybridized carbons (Fsp3) is 0.467. The minimum Gasteiger partial charge on any atom is -0.492 e. The van der Waals surface area contributed by atoms with Crippen LogP contribution in [-0.2, 0) is 10.0 Å². The van der Waals surface area contributed by atoms with E-state index in [1.807, 2.05) is 18.2 Å². The second-order valence-corrected chi connectivity index (χ2v) is 7.77. The second-order valence-electron chi connectivity index (χ2n) is 5.79. The van der Waals surface area contributed by atoms with Crippen LogP contribution in [0.4, 0.5) is 0 Å². The van der Waals surface area contributed by atoms with E-state index in [0.717, 1.165) is 24.2 Å². The number of piperidine rings is 1. The fourth-order valence-corrected chi connectivity index (χ4v) is 3.64. The van der Waals surface area contributed by atoms with E-state index in [2.05, 4.69) is 15.2 Å². The molecule has 1 atom stereocenters. The van der Waals surface area contributed by atoms with E-state index in [1.54, 1.807) is 12.4 Å². The predicted molar refractivity (Wildman–Crippen MR) is 86.5 cm³/mol. The van der Waals surface area contributed by atoms with Gasteiger partial charge in [0.15, 0.2) is 0 Å². The molecule has 0 aliphatic carbocycles. The quantitative estimate of drug-likeness (QED) is 0.894. The standard InChI is InChI=1S/C15H20N4O3S/c1-23(20,21)19-8-2-3-12(10-19)11-22-13-4-5-14(16-9-13)15-6-7-17-18-15/h4-7,9,12H,2-3,8,10-11H2,1H3,(H,17,18)/t12-/m0/s1. The third kappa shape index (κ3) is 4.08. The second kappa shape index (κ2) is 6.67. The van der Waals surface area contributed by atoms with Crippen LogP contribution in [-0.4, -0.2) is 53.9 Å². The van der Waals surface area contributed by atoms with Crippen molar-refractivity contribution < 1.29 is 13.2 Å². The van der Waals surface area contributed by atoms with Crippen LogP contribution in [0.1, 0.15) is 12.8 Å². The summed E-state index contributed by atoms with van der Waals surface area (Å²) in [6.45, 7) is 1.63. The van der Waals surface area contributed by atoms with Crippen LogP contribution in [0.25, 0.3) is 11.4 Å². The summed E-state index contributed by atoms with van der Waals surface area (Å²) in [5.41, 5.74) is 1.66. The Kier molecular flexibility index (Phi) is 4.63. The van der Waals surface area contributed by atoms with Gasteiger partial charge in [-0.1, -0.05) is 0 Å². The molecule has 1 aliphatic heterocycles. The molecule has 2 aromatic rings. The Morgan fingerprint density at radius 3 is 2.91 bits per heavy atom. The van der Waals surface area contributed by atoms with Crippen LogP contribution in [0.15, 0.2) is 30.6 Å². The third-order valence-electron chi connectivity index (χ3n) is 3.95. The van der Waals surface area contributed by atoms with Gasteiger partial charge in [-0.25, -0.2) is 12.7 Å². The molecule has 0 amide bonds. The number of rotatable bonds is 5. The van der Waals surface area contributed by atoms with Gasteiger partial charge in [0.1, 0.15) is 5.75 Å². The molecule has 3 rings (SSSR count). The van der Waals surface area contributed by atoms with E-state index >= 15 is 0 Å². The van der Waals surface area contributed by atoms with Gasteiger partial charge in [0.05, 0.1) is 30.4 Å². The minimum absolute atomic E-state index is 0.214. The monoisotopic (exact) mass is 336 g/mol. The Hall–Kier alpha value is -1.93. The van der Waals surface area contributed by atoms with Crippen molar-refractivity contribution in [3.05, 3.63) is 30.6 Å². The molecule has 1 aliphatic rings. The van der Waals surface area contributed by atoms with Gasteiger partial charge in [-0.3, -0.25) is 10.1 Å². The Bertz CT molecular complexity index is 729. The molecule has 124 valence electrons. The topological polar surface area (TPSA) is 88.2 Å². The molecule has 7 nitrogen and oxygen atoms in total. The lowest BCUT2D eigenvalue weighted by Gasteiger charge is -2.30. The molecule has 0 bridgehead atoms. The van der Waals surface area contributed by atoms with Crippen molar-refractivity contribution in [2.45, 2.75) is 12.8 Å². The van der Waals surface area contributed by atoms with Crippen molar-refractivity contribution in [3.8, 4) is 17.1 Å². The number of aromatic nitrogens is 3. The molecule has 1 N–H and O–H groups in total. The Morgan fingerprint density at radius 1 is 1.39 bits per heavy atom. The summed E-state index contributed by atoms with van der Waals surface area (Å²) in [6.07, 6.45) is 6.46. The van der Waals surface area contributed by atoms with Gasteiger partial charge in [-0.2, -0.15) is 5.10 Å². The maximum atomic E-state index is 11.6. The molecule has 0 radical (unpaired) electrons. The molecule has 1 fully saturated rings. The van der Waals surface area contributed by atoms with E-state index in [0.29, 0.717) is 25.4 Å². The van der Waals surface area contributed by atoms with E-state index in [-0.39, 0.29) is 5.92 Å². The maximum Gasteiger partial charge on any atom is 0.211 e. The van der Waals surface area contributed by atoms with Gasteiger partial charge in [-0.15, -0.1) is 0 Å². The minimum atomic E-state index is -3.12. The molecule has 3 heterocycles. The number of H-pyrrole nitrogens is 1. The number of nitrogens with one attached hydrogen (secondary N) is 1. The SMILES string of the molecule is CS(=O)(=O)N1CCC[C@H](COc2ccc(-c3ccn[nH]3)nc2)C1. The van der Waals surface area contributed by atoms with Crippen molar-refractivity contribution in [3.63, 3.8) is 0 Å². The van der Waals surface area contributed by atoms with Crippen LogP contribution < -0.4 is 4.74 Å². The highest BCUT2D eigenvalue weighted by molar-refractivity contribution is 7.88. The van der Waals surface area contributed by atoms with Crippen LogP contribution in [0.2, 0.25) is 0 Å². The van der Waals surface area contributed by atoms with Crippen molar-refractivity contribution >= 4 is 10.0 Å². The highest BCUT2D eigenvalue weighted by Crippen LogP contribution is 2.21. The van der Waals surface area contributed by atoms with Gasteiger partial charge in [-0.05, 0) is 31.0 Å². The Labute approximate surface area is 135 Å². The highest BCUT2D eigenvalue weighted by Gasteiger charge is 2.26. The number of aromatic amines is 1. The first-order valence-corrected chi connectivity index (χ1v) is 9.41. The van der Waals surface area contributed by atoms with Crippen LogP contribution in [0.5, 0.6) is 5.75 Å². The zero-order valence-electron chi connectivity index (χ0n) is 13.0. The molecule has 0 aromatic carbocycles. The number of hydrogen-bond donors (Lipinski definition) is 1. The predicted octanol–water partition coefficient (Wildman–Crippen LogP) is 1.52. The van der Waals surface area contributed by atoms with Gasteiger partial charge >= 0.3 is 0 Å². The molecule has 23 heavy (non-hydrogen) atoms. The lowest BCUT2D eigenvalue weighted by molar-refractivity contribution is 0.180. The van der Waals surface area contributed by atoms with E-state index in [4.69, 9.17) is 4.74 Å². The van der Waals surface area contributed by atoms with Crippen LogP contribution in [0.3, 0.4) is 0 Å². The lowest BCUT2D eigenvalue weighted by Crippen LogP contribution is -2.40. The summed E-state index contributed by atoms with van der Waals surface area (Å²) in [7, 11) is -3.12. The summed E-state index contributed by atoms with van der Waals surface area (Å²) in [6, 6.07) is 5.58. The van der Waals surface area contributed by atoms with Crippen molar-refractivity contribution in [2.75, 3.05) is 26.0 Å². The molecule has 1 saturated heterocycles. The largest absolute Gasteiger partial charge is 0.492 e. The summed E-state index contributed by atoms with van der Waals surface area (Å²) in [5.74, 6) is 0.899. The number of pyridine rings is 1. The van der Waals surface area contributed by atoms with Crippen molar-refractivity contribution in [1.82, 2.24) is 19.5 Å². The summed E-state index contributed by atoms with van der Waals surface area (Å²) in [4.78, 5) is 4.34. The normalized spacial score (nSPS) is 19.6. The molecule has 2 aromatic heterocycles. The van der Waals surface area contributed by atoms with Crippen LogP contribution >= 0.6 is 0 Å². The molecular weight excluding hydrogens is 316 g/mol. The third-order valence-corrected chi connectivity index (χ3v) is 5.22. The van der Waals surface area contributed by atoms with Crippen molar-refractivity contribution in [1.29, 1.82) is 0 Å². The number of sulfonamides is 1. The first-order chi connectivity index (χ1) is 11.0.